The van der Waals surface area contributed by atoms with Crippen LogP contribution in [0.2, 0.25) is 0 Å². The summed E-state index contributed by atoms with van der Waals surface area (Å²) in [6, 6.07) is 7.63. The SMILES string of the molecule is Cc1cccc(N2C(=O)[C@@H]3[C@@H]4C=C[C@@H](C4)[C@]3(C)C2=O)c1. The molecular formula is C17H17NO2. The van der Waals surface area contributed by atoms with E-state index in [-0.39, 0.29) is 29.6 Å². The molecule has 1 aromatic carbocycles. The number of imide groups is 1. The van der Waals surface area contributed by atoms with Crippen molar-refractivity contribution >= 4 is 17.5 Å². The van der Waals surface area contributed by atoms with Crippen LogP contribution in [0.15, 0.2) is 36.4 Å². The number of fused-ring (bicyclic) bond motifs is 5. The average Bonchev–Trinajstić information content (AvgIpc) is 3.03. The van der Waals surface area contributed by atoms with E-state index in [9.17, 15) is 9.59 Å². The quantitative estimate of drug-likeness (QED) is 0.579. The topological polar surface area (TPSA) is 37.4 Å². The van der Waals surface area contributed by atoms with Crippen LogP contribution in [0.25, 0.3) is 0 Å². The number of anilines is 1. The Morgan fingerprint density at radius 2 is 2.05 bits per heavy atom. The second-order valence-corrected chi connectivity index (χ2v) is 6.47. The minimum Gasteiger partial charge on any atom is -0.274 e. The zero-order chi connectivity index (χ0) is 14.1. The van der Waals surface area contributed by atoms with Crippen LogP contribution in [-0.4, -0.2) is 11.8 Å². The molecule has 2 fully saturated rings. The Kier molecular flexibility index (Phi) is 2.14. The number of rotatable bonds is 1. The second kappa shape index (κ2) is 3.60. The third-order valence-corrected chi connectivity index (χ3v) is 5.37. The second-order valence-electron chi connectivity index (χ2n) is 6.47. The van der Waals surface area contributed by atoms with Crippen molar-refractivity contribution in [3.63, 3.8) is 0 Å². The minimum absolute atomic E-state index is 0.0139. The predicted octanol–water partition coefficient (Wildman–Crippen LogP) is 2.70. The Bertz CT molecular complexity index is 663. The molecule has 2 bridgehead atoms. The maximum absolute atomic E-state index is 12.9. The summed E-state index contributed by atoms with van der Waals surface area (Å²) < 4.78 is 0. The summed E-state index contributed by atoms with van der Waals surface area (Å²) in [4.78, 5) is 27.1. The van der Waals surface area contributed by atoms with Crippen molar-refractivity contribution in [1.82, 2.24) is 0 Å². The van der Waals surface area contributed by atoms with Gasteiger partial charge < -0.3 is 0 Å². The lowest BCUT2D eigenvalue weighted by Gasteiger charge is -2.28. The lowest BCUT2D eigenvalue weighted by Crippen LogP contribution is -2.37. The van der Waals surface area contributed by atoms with Gasteiger partial charge in [-0.25, -0.2) is 4.90 Å². The predicted molar refractivity (Wildman–Crippen MR) is 76.0 cm³/mol. The minimum atomic E-state index is -0.528. The molecular weight excluding hydrogens is 250 g/mol. The maximum Gasteiger partial charge on any atom is 0.241 e. The number of hydrogen-bond acceptors (Lipinski definition) is 2. The Balaban J connectivity index is 1.82. The van der Waals surface area contributed by atoms with Crippen LogP contribution in [-0.2, 0) is 9.59 Å². The van der Waals surface area contributed by atoms with Gasteiger partial charge in [0, 0.05) is 0 Å². The van der Waals surface area contributed by atoms with Gasteiger partial charge in [0.05, 0.1) is 17.0 Å². The van der Waals surface area contributed by atoms with Crippen LogP contribution in [0.3, 0.4) is 0 Å². The first kappa shape index (κ1) is 11.9. The van der Waals surface area contributed by atoms with Crippen molar-refractivity contribution in [3.05, 3.63) is 42.0 Å². The van der Waals surface area contributed by atoms with E-state index in [1.165, 1.54) is 4.90 Å². The normalized spacial score (nSPS) is 37.9. The maximum atomic E-state index is 12.9. The fraction of sp³-hybridized carbons (Fsp3) is 0.412. The molecule has 102 valence electrons. The zero-order valence-electron chi connectivity index (χ0n) is 11.7. The number of carbonyl (C=O) groups excluding carboxylic acids is 2. The summed E-state index contributed by atoms with van der Waals surface area (Å²) in [7, 11) is 0. The van der Waals surface area contributed by atoms with Crippen LogP contribution in [0.4, 0.5) is 5.69 Å². The van der Waals surface area contributed by atoms with E-state index < -0.39 is 5.41 Å². The van der Waals surface area contributed by atoms with E-state index in [2.05, 4.69) is 12.2 Å². The van der Waals surface area contributed by atoms with E-state index in [1.807, 2.05) is 38.1 Å². The Morgan fingerprint density at radius 3 is 2.75 bits per heavy atom. The van der Waals surface area contributed by atoms with Crippen molar-refractivity contribution in [2.24, 2.45) is 23.2 Å². The first-order valence-corrected chi connectivity index (χ1v) is 7.17. The van der Waals surface area contributed by atoms with Crippen molar-refractivity contribution in [2.45, 2.75) is 20.3 Å². The van der Waals surface area contributed by atoms with Crippen molar-refractivity contribution in [1.29, 1.82) is 0 Å². The highest BCUT2D eigenvalue weighted by molar-refractivity contribution is 6.24. The molecule has 0 N–H and O–H groups in total. The lowest BCUT2D eigenvalue weighted by atomic mass is 9.71. The van der Waals surface area contributed by atoms with Gasteiger partial charge in [-0.15, -0.1) is 0 Å². The highest BCUT2D eigenvalue weighted by Gasteiger charge is 2.67. The van der Waals surface area contributed by atoms with E-state index >= 15 is 0 Å². The first-order valence-electron chi connectivity index (χ1n) is 7.17. The Hall–Kier alpha value is -1.90. The lowest BCUT2D eigenvalue weighted by molar-refractivity contribution is -0.127. The summed E-state index contributed by atoms with van der Waals surface area (Å²) in [5.41, 5.74) is 1.25. The fourth-order valence-corrected chi connectivity index (χ4v) is 4.32. The Labute approximate surface area is 118 Å². The van der Waals surface area contributed by atoms with Crippen LogP contribution in [0, 0.1) is 30.1 Å². The molecule has 0 aromatic heterocycles. The molecule has 0 radical (unpaired) electrons. The summed E-state index contributed by atoms with van der Waals surface area (Å²) in [5, 5.41) is 0. The van der Waals surface area contributed by atoms with Crippen LogP contribution < -0.4 is 4.90 Å². The number of nitrogens with zero attached hydrogens (tertiary/aromatic N) is 1. The first-order chi connectivity index (χ1) is 9.53. The van der Waals surface area contributed by atoms with Crippen molar-refractivity contribution < 1.29 is 9.59 Å². The van der Waals surface area contributed by atoms with Crippen LogP contribution in [0.1, 0.15) is 18.9 Å². The number of carbonyl (C=O) groups is 2. The van der Waals surface area contributed by atoms with Gasteiger partial charge in [0.25, 0.3) is 0 Å². The third-order valence-electron chi connectivity index (χ3n) is 5.37. The molecule has 1 saturated heterocycles. The number of hydrogen-bond donors (Lipinski definition) is 0. The molecule has 0 unspecified atom stereocenters. The van der Waals surface area contributed by atoms with Gasteiger partial charge in [0.2, 0.25) is 11.8 Å². The highest BCUT2D eigenvalue weighted by Crippen LogP contribution is 2.60. The molecule has 3 nitrogen and oxygen atoms in total. The third kappa shape index (κ3) is 1.21. The number of benzene rings is 1. The molecule has 4 atom stereocenters. The van der Waals surface area contributed by atoms with E-state index in [0.29, 0.717) is 0 Å². The Morgan fingerprint density at radius 1 is 1.25 bits per heavy atom. The van der Waals surface area contributed by atoms with Gasteiger partial charge in [-0.2, -0.15) is 0 Å². The van der Waals surface area contributed by atoms with Gasteiger partial charge in [-0.1, -0.05) is 24.3 Å². The summed E-state index contributed by atoms with van der Waals surface area (Å²) in [6.45, 7) is 3.95. The standard InChI is InChI=1S/C17H17NO2/c1-10-4-3-5-13(8-10)18-15(19)14-11-6-7-12(9-11)17(14,2)16(18)20/h3-8,11-12,14H,9H2,1-2H3/t11-,12+,14+,17+/m1/s1. The van der Waals surface area contributed by atoms with E-state index in [0.717, 1.165) is 17.7 Å². The highest BCUT2D eigenvalue weighted by atomic mass is 16.2. The summed E-state index contributed by atoms with van der Waals surface area (Å²) in [6.07, 6.45) is 5.22. The molecule has 2 aliphatic carbocycles. The summed E-state index contributed by atoms with van der Waals surface area (Å²) >= 11 is 0. The van der Waals surface area contributed by atoms with E-state index in [4.69, 9.17) is 0 Å². The molecule has 1 aliphatic heterocycles. The molecule has 0 spiro atoms. The molecule has 2 amide bonds. The number of amides is 2. The van der Waals surface area contributed by atoms with Gasteiger partial charge in [-0.05, 0) is 49.8 Å². The molecule has 1 aromatic rings. The zero-order valence-corrected chi connectivity index (χ0v) is 11.7. The van der Waals surface area contributed by atoms with Gasteiger partial charge in [0.1, 0.15) is 0 Å². The molecule has 1 saturated carbocycles. The summed E-state index contributed by atoms with van der Waals surface area (Å²) in [5.74, 6) is 0.278. The van der Waals surface area contributed by atoms with Crippen LogP contribution in [0.5, 0.6) is 0 Å². The monoisotopic (exact) mass is 267 g/mol. The number of allylic oxidation sites excluding steroid dienone is 2. The van der Waals surface area contributed by atoms with Gasteiger partial charge in [0.15, 0.2) is 0 Å². The largest absolute Gasteiger partial charge is 0.274 e. The fourth-order valence-electron chi connectivity index (χ4n) is 4.32. The molecule has 3 heteroatoms. The van der Waals surface area contributed by atoms with Gasteiger partial charge >= 0.3 is 0 Å². The van der Waals surface area contributed by atoms with E-state index in [1.54, 1.807) is 0 Å². The average molecular weight is 267 g/mol. The van der Waals surface area contributed by atoms with Gasteiger partial charge in [-0.3, -0.25) is 9.59 Å². The smallest absolute Gasteiger partial charge is 0.241 e. The number of aryl methyl sites for hydroxylation is 1. The molecule has 4 rings (SSSR count). The van der Waals surface area contributed by atoms with Crippen molar-refractivity contribution in [2.75, 3.05) is 4.90 Å². The van der Waals surface area contributed by atoms with Crippen molar-refractivity contribution in [3.8, 4) is 0 Å². The van der Waals surface area contributed by atoms with Crippen LogP contribution >= 0.6 is 0 Å². The molecule has 20 heavy (non-hydrogen) atoms. The molecule has 1 heterocycles. The molecule has 3 aliphatic rings.